The summed E-state index contributed by atoms with van der Waals surface area (Å²) in [5.41, 5.74) is 1.33. The summed E-state index contributed by atoms with van der Waals surface area (Å²) in [6.07, 6.45) is 4.13. The van der Waals surface area contributed by atoms with E-state index in [9.17, 15) is 0 Å². The molecule has 2 heterocycles. The van der Waals surface area contributed by atoms with Gasteiger partial charge in [-0.2, -0.15) is 0 Å². The van der Waals surface area contributed by atoms with Crippen LogP contribution in [0.5, 0.6) is 0 Å². The summed E-state index contributed by atoms with van der Waals surface area (Å²) < 4.78 is 0. The standard InChI is InChI=1S/C16H31N3/c1-13(2)17-10-14(3)11-19-9-7-16-15(12-19)6-5-8-18(16)4/h13,15-17H,3,5-12H2,1-2,4H3. The third-order valence-electron chi connectivity index (χ3n) is 4.64. The van der Waals surface area contributed by atoms with Gasteiger partial charge in [-0.1, -0.05) is 20.4 Å². The molecule has 0 spiro atoms. The second kappa shape index (κ2) is 6.87. The van der Waals surface area contributed by atoms with Crippen LogP contribution in [0.2, 0.25) is 0 Å². The summed E-state index contributed by atoms with van der Waals surface area (Å²) >= 11 is 0. The fourth-order valence-corrected chi connectivity index (χ4v) is 3.59. The van der Waals surface area contributed by atoms with Crippen molar-refractivity contribution in [2.24, 2.45) is 5.92 Å². The molecular weight excluding hydrogens is 234 g/mol. The second-order valence-corrected chi connectivity index (χ2v) is 6.76. The molecule has 0 aliphatic carbocycles. The number of likely N-dealkylation sites (tertiary alicyclic amines) is 2. The highest BCUT2D eigenvalue weighted by molar-refractivity contribution is 5.02. The lowest BCUT2D eigenvalue weighted by Gasteiger charge is -2.46. The van der Waals surface area contributed by atoms with E-state index in [-0.39, 0.29) is 0 Å². The molecule has 2 saturated heterocycles. The van der Waals surface area contributed by atoms with Gasteiger partial charge in [-0.15, -0.1) is 0 Å². The van der Waals surface area contributed by atoms with Gasteiger partial charge in [-0.3, -0.25) is 4.90 Å². The van der Waals surface area contributed by atoms with E-state index in [1.807, 2.05) is 0 Å². The molecule has 2 fully saturated rings. The maximum atomic E-state index is 4.23. The SMILES string of the molecule is C=C(CNC(C)C)CN1CCC2C(CCCN2C)C1. The van der Waals surface area contributed by atoms with Crippen LogP contribution in [0, 0.1) is 5.92 Å². The van der Waals surface area contributed by atoms with Crippen molar-refractivity contribution in [1.82, 2.24) is 15.1 Å². The molecule has 0 aromatic heterocycles. The zero-order chi connectivity index (χ0) is 13.8. The summed E-state index contributed by atoms with van der Waals surface area (Å²) in [6, 6.07) is 1.39. The minimum absolute atomic E-state index is 0.550. The first kappa shape index (κ1) is 15.0. The quantitative estimate of drug-likeness (QED) is 0.767. The van der Waals surface area contributed by atoms with Crippen molar-refractivity contribution in [1.29, 1.82) is 0 Å². The van der Waals surface area contributed by atoms with Gasteiger partial charge in [0.2, 0.25) is 0 Å². The molecule has 0 aromatic carbocycles. The largest absolute Gasteiger partial charge is 0.311 e. The van der Waals surface area contributed by atoms with Crippen molar-refractivity contribution in [2.75, 3.05) is 39.8 Å². The monoisotopic (exact) mass is 265 g/mol. The summed E-state index contributed by atoms with van der Waals surface area (Å²) in [4.78, 5) is 5.20. The first-order valence-electron chi connectivity index (χ1n) is 7.89. The van der Waals surface area contributed by atoms with Crippen LogP contribution in [0.3, 0.4) is 0 Å². The molecule has 110 valence electrons. The Morgan fingerprint density at radius 1 is 1.32 bits per heavy atom. The van der Waals surface area contributed by atoms with Gasteiger partial charge < -0.3 is 10.2 Å². The molecule has 0 radical (unpaired) electrons. The van der Waals surface area contributed by atoms with Crippen LogP contribution in [0.4, 0.5) is 0 Å². The van der Waals surface area contributed by atoms with Crippen LogP contribution in [0.1, 0.15) is 33.1 Å². The Labute approximate surface area is 119 Å². The van der Waals surface area contributed by atoms with E-state index in [4.69, 9.17) is 0 Å². The van der Waals surface area contributed by atoms with Gasteiger partial charge in [0.1, 0.15) is 0 Å². The van der Waals surface area contributed by atoms with Crippen molar-refractivity contribution < 1.29 is 0 Å². The first-order valence-corrected chi connectivity index (χ1v) is 7.89. The molecule has 2 unspecified atom stereocenters. The van der Waals surface area contributed by atoms with Crippen molar-refractivity contribution in [3.63, 3.8) is 0 Å². The molecule has 3 heteroatoms. The zero-order valence-electron chi connectivity index (χ0n) is 13.0. The topological polar surface area (TPSA) is 18.5 Å². The number of nitrogens with zero attached hydrogens (tertiary/aromatic N) is 2. The molecule has 0 bridgehead atoms. The highest BCUT2D eigenvalue weighted by Crippen LogP contribution is 2.29. The Morgan fingerprint density at radius 3 is 2.84 bits per heavy atom. The predicted molar refractivity (Wildman–Crippen MR) is 82.5 cm³/mol. The van der Waals surface area contributed by atoms with E-state index in [0.29, 0.717) is 6.04 Å². The normalized spacial score (nSPS) is 29.5. The average Bonchev–Trinajstić information content (AvgIpc) is 2.36. The Kier molecular flexibility index (Phi) is 5.43. The van der Waals surface area contributed by atoms with E-state index in [1.54, 1.807) is 0 Å². The van der Waals surface area contributed by atoms with Gasteiger partial charge in [0.25, 0.3) is 0 Å². The van der Waals surface area contributed by atoms with Gasteiger partial charge >= 0.3 is 0 Å². The highest BCUT2D eigenvalue weighted by Gasteiger charge is 2.33. The van der Waals surface area contributed by atoms with Crippen LogP contribution in [0.25, 0.3) is 0 Å². The van der Waals surface area contributed by atoms with E-state index in [1.165, 1.54) is 44.5 Å². The van der Waals surface area contributed by atoms with Crippen LogP contribution in [0.15, 0.2) is 12.2 Å². The fourth-order valence-electron chi connectivity index (χ4n) is 3.59. The van der Waals surface area contributed by atoms with E-state index in [2.05, 4.69) is 42.6 Å². The zero-order valence-corrected chi connectivity index (χ0v) is 13.0. The molecule has 2 aliphatic heterocycles. The van der Waals surface area contributed by atoms with Crippen molar-refractivity contribution in [3.05, 3.63) is 12.2 Å². The molecule has 0 aromatic rings. The van der Waals surface area contributed by atoms with Crippen LogP contribution in [-0.2, 0) is 0 Å². The Balaban J connectivity index is 1.76. The number of piperidine rings is 2. The molecule has 2 aliphatic rings. The predicted octanol–water partition coefficient (Wildman–Crippen LogP) is 1.96. The molecule has 0 amide bonds. The van der Waals surface area contributed by atoms with Gasteiger partial charge in [0, 0.05) is 31.7 Å². The van der Waals surface area contributed by atoms with Crippen molar-refractivity contribution >= 4 is 0 Å². The van der Waals surface area contributed by atoms with Gasteiger partial charge in [-0.25, -0.2) is 0 Å². The summed E-state index contributed by atoms with van der Waals surface area (Å²) in [5.74, 6) is 0.887. The summed E-state index contributed by atoms with van der Waals surface area (Å²) in [6.45, 7) is 14.5. The lowest BCUT2D eigenvalue weighted by molar-refractivity contribution is 0.0422. The van der Waals surface area contributed by atoms with Crippen LogP contribution >= 0.6 is 0 Å². The Morgan fingerprint density at radius 2 is 2.11 bits per heavy atom. The van der Waals surface area contributed by atoms with Gasteiger partial charge in [0.05, 0.1) is 0 Å². The van der Waals surface area contributed by atoms with Crippen molar-refractivity contribution in [3.8, 4) is 0 Å². The molecule has 19 heavy (non-hydrogen) atoms. The third kappa shape index (κ3) is 4.30. The number of rotatable bonds is 5. The van der Waals surface area contributed by atoms with Crippen LogP contribution < -0.4 is 5.32 Å². The highest BCUT2D eigenvalue weighted by atomic mass is 15.2. The third-order valence-corrected chi connectivity index (χ3v) is 4.64. The lowest BCUT2D eigenvalue weighted by atomic mass is 9.84. The van der Waals surface area contributed by atoms with Crippen molar-refractivity contribution in [2.45, 2.75) is 45.2 Å². The molecule has 1 N–H and O–H groups in total. The minimum atomic E-state index is 0.550. The van der Waals surface area contributed by atoms with E-state index < -0.39 is 0 Å². The smallest absolute Gasteiger partial charge is 0.0202 e. The number of hydrogen-bond donors (Lipinski definition) is 1. The summed E-state index contributed by atoms with van der Waals surface area (Å²) in [7, 11) is 2.30. The minimum Gasteiger partial charge on any atom is -0.311 e. The van der Waals surface area contributed by atoms with Gasteiger partial charge in [-0.05, 0) is 50.9 Å². The average molecular weight is 265 g/mol. The first-order chi connectivity index (χ1) is 9.06. The fraction of sp³-hybridized carbons (Fsp3) is 0.875. The maximum absolute atomic E-state index is 4.23. The maximum Gasteiger partial charge on any atom is 0.0202 e. The molecule has 2 atom stereocenters. The molecule has 0 saturated carbocycles. The Bertz CT molecular complexity index is 300. The Hall–Kier alpha value is -0.380. The number of nitrogens with one attached hydrogen (secondary N) is 1. The second-order valence-electron chi connectivity index (χ2n) is 6.76. The molecule has 2 rings (SSSR count). The molecule has 3 nitrogen and oxygen atoms in total. The van der Waals surface area contributed by atoms with E-state index in [0.717, 1.165) is 25.0 Å². The summed E-state index contributed by atoms with van der Waals surface area (Å²) in [5, 5.41) is 3.46. The number of hydrogen-bond acceptors (Lipinski definition) is 3. The van der Waals surface area contributed by atoms with Gasteiger partial charge in [0.15, 0.2) is 0 Å². The number of fused-ring (bicyclic) bond motifs is 1. The van der Waals surface area contributed by atoms with E-state index >= 15 is 0 Å². The lowest BCUT2D eigenvalue weighted by Crippen LogP contribution is -2.53. The molecular formula is C16H31N3. The van der Waals surface area contributed by atoms with Crippen LogP contribution in [-0.4, -0.2) is 61.7 Å².